The van der Waals surface area contributed by atoms with E-state index in [4.69, 9.17) is 0 Å². The largest absolute Gasteiger partial charge is 0.362 e. The first-order valence-corrected chi connectivity index (χ1v) is 12.1. The zero-order valence-corrected chi connectivity index (χ0v) is 19.8. The van der Waals surface area contributed by atoms with Crippen molar-refractivity contribution in [1.29, 1.82) is 0 Å². The second kappa shape index (κ2) is 11.2. The second-order valence-electron chi connectivity index (χ2n) is 8.71. The van der Waals surface area contributed by atoms with Gasteiger partial charge in [-0.3, -0.25) is 0 Å². The fourth-order valence-corrected chi connectivity index (χ4v) is 4.37. The van der Waals surface area contributed by atoms with E-state index >= 15 is 0 Å². The molecule has 5 rings (SSSR count). The molecule has 0 atom stereocenters. The van der Waals surface area contributed by atoms with Crippen molar-refractivity contribution in [2.75, 3.05) is 4.90 Å². The van der Waals surface area contributed by atoms with E-state index in [9.17, 15) is 0 Å². The Morgan fingerprint density at radius 3 is 1.51 bits per heavy atom. The lowest BCUT2D eigenvalue weighted by molar-refractivity contribution is 0.801. The lowest BCUT2D eigenvalue weighted by Gasteiger charge is -2.28. The number of nitrogens with zero attached hydrogens (tertiary/aromatic N) is 1. The van der Waals surface area contributed by atoms with Gasteiger partial charge >= 0.3 is 0 Å². The monoisotopic (exact) mass is 451 g/mol. The predicted octanol–water partition coefficient (Wildman–Crippen LogP) is 8.73. The Labute approximate surface area is 208 Å². The summed E-state index contributed by atoms with van der Waals surface area (Å²) in [6.07, 6.45) is 4.37. The third kappa shape index (κ3) is 5.96. The Kier molecular flexibility index (Phi) is 7.16. The fourth-order valence-electron chi connectivity index (χ4n) is 4.37. The van der Waals surface area contributed by atoms with Crippen LogP contribution in [0.4, 0.5) is 5.69 Å². The molecule has 0 aliphatic heterocycles. The molecule has 5 aromatic rings. The van der Waals surface area contributed by atoms with Crippen molar-refractivity contribution in [2.45, 2.75) is 13.1 Å². The number of hydrogen-bond acceptors (Lipinski definition) is 1. The van der Waals surface area contributed by atoms with Crippen LogP contribution in [0.2, 0.25) is 0 Å². The number of anilines is 1. The molecule has 0 amide bonds. The van der Waals surface area contributed by atoms with Gasteiger partial charge in [0.2, 0.25) is 0 Å². The highest BCUT2D eigenvalue weighted by molar-refractivity contribution is 5.82. The van der Waals surface area contributed by atoms with E-state index in [1.54, 1.807) is 0 Å². The summed E-state index contributed by atoms with van der Waals surface area (Å²) in [6.45, 7) is 1.68. The molecule has 1 nitrogen and oxygen atoms in total. The summed E-state index contributed by atoms with van der Waals surface area (Å²) in [6, 6.07) is 49.4. The third-order valence-electron chi connectivity index (χ3n) is 6.15. The van der Waals surface area contributed by atoms with Gasteiger partial charge in [0.15, 0.2) is 0 Å². The molecular formula is C34H29N. The Balaban J connectivity index is 1.56. The summed E-state index contributed by atoms with van der Waals surface area (Å²) < 4.78 is 0. The number of hydrogen-bond donors (Lipinski definition) is 0. The molecule has 0 aliphatic rings. The fraction of sp³-hybridized carbons (Fsp3) is 0.0588. The lowest BCUT2D eigenvalue weighted by atomic mass is 9.98. The summed E-state index contributed by atoms with van der Waals surface area (Å²) in [5.74, 6) is 0. The van der Waals surface area contributed by atoms with Crippen LogP contribution in [0.15, 0.2) is 140 Å². The van der Waals surface area contributed by atoms with Gasteiger partial charge in [0, 0.05) is 24.3 Å². The SMILES string of the molecule is C(=C\c1ccc(N(Cc2ccccc2)Cc2ccccc2)c(-c2ccccc2)c1)/c1ccccc1. The van der Waals surface area contributed by atoms with Crippen LogP contribution >= 0.6 is 0 Å². The van der Waals surface area contributed by atoms with Crippen molar-refractivity contribution in [1.82, 2.24) is 0 Å². The van der Waals surface area contributed by atoms with Crippen molar-refractivity contribution in [3.05, 3.63) is 162 Å². The van der Waals surface area contributed by atoms with E-state index in [2.05, 4.69) is 151 Å². The van der Waals surface area contributed by atoms with Crippen LogP contribution in [0.5, 0.6) is 0 Å². The molecule has 0 unspecified atom stereocenters. The van der Waals surface area contributed by atoms with Crippen molar-refractivity contribution < 1.29 is 0 Å². The highest BCUT2D eigenvalue weighted by Gasteiger charge is 2.15. The summed E-state index contributed by atoms with van der Waals surface area (Å²) in [7, 11) is 0. The van der Waals surface area contributed by atoms with Crippen LogP contribution in [0, 0.1) is 0 Å². The van der Waals surface area contributed by atoms with Crippen LogP contribution in [-0.4, -0.2) is 0 Å². The minimum atomic E-state index is 0.842. The van der Waals surface area contributed by atoms with Crippen molar-refractivity contribution in [3.63, 3.8) is 0 Å². The van der Waals surface area contributed by atoms with Gasteiger partial charge in [-0.25, -0.2) is 0 Å². The summed E-state index contributed by atoms with van der Waals surface area (Å²) in [5, 5.41) is 0. The maximum atomic E-state index is 2.48. The first-order chi connectivity index (χ1) is 17.3. The normalized spacial score (nSPS) is 11.0. The molecule has 5 aromatic carbocycles. The van der Waals surface area contributed by atoms with Crippen molar-refractivity contribution >= 4 is 17.8 Å². The van der Waals surface area contributed by atoms with E-state index in [-0.39, 0.29) is 0 Å². The van der Waals surface area contributed by atoms with Crippen LogP contribution in [-0.2, 0) is 13.1 Å². The molecule has 0 aliphatic carbocycles. The van der Waals surface area contributed by atoms with Gasteiger partial charge < -0.3 is 4.90 Å². The Morgan fingerprint density at radius 1 is 0.457 bits per heavy atom. The molecule has 35 heavy (non-hydrogen) atoms. The van der Waals surface area contributed by atoms with Gasteiger partial charge in [-0.15, -0.1) is 0 Å². The Morgan fingerprint density at radius 2 is 0.943 bits per heavy atom. The van der Waals surface area contributed by atoms with Gasteiger partial charge in [0.1, 0.15) is 0 Å². The molecule has 0 radical (unpaired) electrons. The molecule has 0 heterocycles. The van der Waals surface area contributed by atoms with Gasteiger partial charge in [-0.05, 0) is 39.9 Å². The van der Waals surface area contributed by atoms with E-state index in [1.165, 1.54) is 39.1 Å². The first-order valence-electron chi connectivity index (χ1n) is 12.1. The molecule has 0 saturated carbocycles. The molecule has 0 aromatic heterocycles. The average molecular weight is 452 g/mol. The third-order valence-corrected chi connectivity index (χ3v) is 6.15. The van der Waals surface area contributed by atoms with Crippen LogP contribution in [0.25, 0.3) is 23.3 Å². The summed E-state index contributed by atoms with van der Waals surface area (Å²) in [5.41, 5.74) is 8.70. The molecular weight excluding hydrogens is 422 g/mol. The van der Waals surface area contributed by atoms with E-state index in [0.29, 0.717) is 0 Å². The Bertz CT molecular complexity index is 1320. The van der Waals surface area contributed by atoms with Crippen molar-refractivity contribution in [2.24, 2.45) is 0 Å². The smallest absolute Gasteiger partial charge is 0.0452 e. The van der Waals surface area contributed by atoms with Gasteiger partial charge in [-0.1, -0.05) is 140 Å². The quantitative estimate of drug-likeness (QED) is 0.213. The molecule has 1 heteroatoms. The first kappa shape index (κ1) is 22.4. The number of rotatable bonds is 8. The molecule has 170 valence electrons. The molecule has 0 fully saturated rings. The lowest BCUT2D eigenvalue weighted by Crippen LogP contribution is -2.22. The highest BCUT2D eigenvalue weighted by Crippen LogP contribution is 2.34. The standard InChI is InChI=1S/C34H29N/c1-5-13-28(14-6-1)21-22-29-23-24-34(33(25-29)32-19-11-4-12-20-32)35(26-30-15-7-2-8-16-30)27-31-17-9-3-10-18-31/h1-25H,26-27H2/b22-21+. The van der Waals surface area contributed by atoms with Crippen LogP contribution < -0.4 is 4.90 Å². The Hall–Kier alpha value is -4.36. The van der Waals surface area contributed by atoms with Crippen LogP contribution in [0.1, 0.15) is 22.3 Å². The molecule has 0 spiro atoms. The average Bonchev–Trinajstić information content (AvgIpc) is 2.94. The summed E-state index contributed by atoms with van der Waals surface area (Å²) >= 11 is 0. The minimum Gasteiger partial charge on any atom is -0.362 e. The molecule has 0 N–H and O–H groups in total. The van der Waals surface area contributed by atoms with Gasteiger partial charge in [0.05, 0.1) is 0 Å². The minimum absolute atomic E-state index is 0.842. The summed E-state index contributed by atoms with van der Waals surface area (Å²) in [4.78, 5) is 2.48. The zero-order valence-electron chi connectivity index (χ0n) is 19.8. The van der Waals surface area contributed by atoms with Crippen molar-refractivity contribution in [3.8, 4) is 11.1 Å². The van der Waals surface area contributed by atoms with Gasteiger partial charge in [-0.2, -0.15) is 0 Å². The zero-order chi connectivity index (χ0) is 23.7. The van der Waals surface area contributed by atoms with E-state index < -0.39 is 0 Å². The second-order valence-corrected chi connectivity index (χ2v) is 8.71. The van der Waals surface area contributed by atoms with E-state index in [1.807, 2.05) is 6.07 Å². The van der Waals surface area contributed by atoms with Crippen LogP contribution in [0.3, 0.4) is 0 Å². The molecule has 0 saturated heterocycles. The predicted molar refractivity (Wildman–Crippen MR) is 150 cm³/mol. The maximum absolute atomic E-state index is 2.48. The van der Waals surface area contributed by atoms with Gasteiger partial charge in [0.25, 0.3) is 0 Å². The van der Waals surface area contributed by atoms with E-state index in [0.717, 1.165) is 13.1 Å². The highest BCUT2D eigenvalue weighted by atomic mass is 15.1. The topological polar surface area (TPSA) is 3.24 Å². The number of benzene rings is 5. The molecule has 0 bridgehead atoms. The maximum Gasteiger partial charge on any atom is 0.0452 e.